The van der Waals surface area contributed by atoms with Crippen molar-refractivity contribution in [1.82, 2.24) is 39.0 Å². The molecule has 238 valence electrons. The fraction of sp³-hybridized carbons (Fsp3) is 0.583. The monoisotopic (exact) mass is 618 g/mol. The highest BCUT2D eigenvalue weighted by atomic mass is 16.6. The zero-order chi connectivity index (χ0) is 31.1. The summed E-state index contributed by atoms with van der Waals surface area (Å²) in [4.78, 5) is 25.4. The Kier molecular flexibility index (Phi) is 8.30. The Labute approximate surface area is 248 Å². The van der Waals surface area contributed by atoms with Crippen LogP contribution in [-0.4, -0.2) is 133 Å². The molecule has 12 N–H and O–H groups in total. The van der Waals surface area contributed by atoms with Crippen LogP contribution in [0.2, 0.25) is 0 Å². The summed E-state index contributed by atoms with van der Waals surface area (Å²) < 4.78 is 14.4. The largest absolute Gasteiger partial charge is 0.394 e. The fourth-order valence-electron chi connectivity index (χ4n) is 5.42. The van der Waals surface area contributed by atoms with Crippen molar-refractivity contribution in [3.8, 4) is 0 Å². The van der Waals surface area contributed by atoms with Gasteiger partial charge in [-0.3, -0.25) is 9.13 Å². The van der Waals surface area contributed by atoms with Crippen molar-refractivity contribution in [2.75, 3.05) is 48.4 Å². The first-order valence-corrected chi connectivity index (χ1v) is 13.9. The van der Waals surface area contributed by atoms with Crippen LogP contribution in [-0.2, 0) is 9.47 Å². The number of aromatic nitrogens is 8. The Morgan fingerprint density at radius 3 is 1.43 bits per heavy atom. The Morgan fingerprint density at radius 2 is 1.07 bits per heavy atom. The molecule has 44 heavy (non-hydrogen) atoms. The van der Waals surface area contributed by atoms with Gasteiger partial charge in [0.15, 0.2) is 46.4 Å². The number of nitrogens with one attached hydrogen (secondary N) is 2. The third-order valence-corrected chi connectivity index (χ3v) is 7.72. The van der Waals surface area contributed by atoms with Gasteiger partial charge in [-0.15, -0.1) is 0 Å². The van der Waals surface area contributed by atoms with Crippen LogP contribution < -0.4 is 22.1 Å². The number of aliphatic hydroxyl groups excluding tert-OH is 6. The Bertz CT molecular complexity index is 1500. The number of ether oxygens (including phenoxy) is 2. The molecule has 4 aromatic rings. The predicted octanol–water partition coefficient (Wildman–Crippen LogP) is -3.34. The van der Waals surface area contributed by atoms with Crippen molar-refractivity contribution < 1.29 is 40.1 Å². The van der Waals surface area contributed by atoms with Crippen LogP contribution >= 0.6 is 0 Å². The second kappa shape index (κ2) is 12.2. The molecule has 0 radical (unpaired) electrons. The summed E-state index contributed by atoms with van der Waals surface area (Å²) in [7, 11) is 0. The Balaban J connectivity index is 1.14. The minimum absolute atomic E-state index is 0.121. The molecule has 20 nitrogen and oxygen atoms in total. The minimum Gasteiger partial charge on any atom is -0.394 e. The third-order valence-electron chi connectivity index (χ3n) is 7.72. The van der Waals surface area contributed by atoms with Gasteiger partial charge in [0.25, 0.3) is 0 Å². The molecule has 0 bridgehead atoms. The van der Waals surface area contributed by atoms with Crippen LogP contribution in [0.5, 0.6) is 0 Å². The van der Waals surface area contributed by atoms with Gasteiger partial charge < -0.3 is 62.2 Å². The highest BCUT2D eigenvalue weighted by molar-refractivity contribution is 5.84. The molecule has 6 heterocycles. The van der Waals surface area contributed by atoms with Crippen LogP contribution in [0.15, 0.2) is 12.7 Å². The summed E-state index contributed by atoms with van der Waals surface area (Å²) in [5.74, 6) is 0.788. The lowest BCUT2D eigenvalue weighted by atomic mass is 10.1. The molecule has 0 amide bonds. The maximum Gasteiger partial charge on any atom is 0.207 e. The van der Waals surface area contributed by atoms with E-state index in [9.17, 15) is 30.6 Å². The number of imidazole rings is 2. The molecule has 8 atom stereocenters. The first kappa shape index (κ1) is 30.0. The topological polar surface area (TPSA) is 303 Å². The number of unbranched alkanes of at least 4 members (excludes halogenated alkanes) is 1. The van der Waals surface area contributed by atoms with E-state index in [1.807, 2.05) is 0 Å². The summed E-state index contributed by atoms with van der Waals surface area (Å²) >= 11 is 0. The van der Waals surface area contributed by atoms with Crippen molar-refractivity contribution in [2.45, 2.75) is 61.9 Å². The summed E-state index contributed by atoms with van der Waals surface area (Å²) in [5.41, 5.74) is 13.1. The number of nitrogens with zero attached hydrogens (tertiary/aromatic N) is 8. The van der Waals surface area contributed by atoms with Crippen LogP contribution in [0.25, 0.3) is 22.3 Å². The third kappa shape index (κ3) is 5.09. The van der Waals surface area contributed by atoms with E-state index in [4.69, 9.17) is 20.9 Å². The molecule has 4 aromatic heterocycles. The van der Waals surface area contributed by atoms with E-state index < -0.39 is 62.3 Å². The molecule has 0 saturated carbocycles. The first-order chi connectivity index (χ1) is 21.2. The van der Waals surface area contributed by atoms with Crippen molar-refractivity contribution in [3.05, 3.63) is 12.7 Å². The number of aliphatic hydroxyl groups is 6. The van der Waals surface area contributed by atoms with Gasteiger partial charge in [-0.1, -0.05) is 0 Å². The van der Waals surface area contributed by atoms with Gasteiger partial charge in [-0.2, -0.15) is 0 Å². The standard InChI is InChI=1S/C24H34N12O8/c25-17-11-19(31-7-29-17)35(21-15(41)13(39)9(5-37)43-21)23(33-11)27-3-1-2-4-28-24-34-12-18(26)30-8-32-20(12)36(24)22-16(42)14(40)10(6-38)44-22/h7-10,13-16,21-22,37-42H,1-6H2,(H,27,33)(H,28,34)(H2,25,29,31)(H2,26,30,32)/t9-,10-,13+,14+,15-,16+,21-,22-/m0/s1. The number of nitrogens with two attached hydrogens (primary N) is 2. The maximum absolute atomic E-state index is 10.6. The molecule has 0 aromatic carbocycles. The predicted molar refractivity (Wildman–Crippen MR) is 152 cm³/mol. The summed E-state index contributed by atoms with van der Waals surface area (Å²) in [6.45, 7) is -0.154. The van der Waals surface area contributed by atoms with Gasteiger partial charge in [0, 0.05) is 13.1 Å². The van der Waals surface area contributed by atoms with Crippen molar-refractivity contribution >= 4 is 45.9 Å². The summed E-state index contributed by atoms with van der Waals surface area (Å²) in [6, 6.07) is 0. The average Bonchev–Trinajstić information content (AvgIpc) is 3.73. The van der Waals surface area contributed by atoms with E-state index in [1.54, 1.807) is 0 Å². The van der Waals surface area contributed by atoms with Gasteiger partial charge in [0.05, 0.1) is 13.2 Å². The van der Waals surface area contributed by atoms with Gasteiger partial charge in [-0.25, -0.2) is 29.9 Å². The smallest absolute Gasteiger partial charge is 0.207 e. The molecule has 2 aliphatic rings. The highest BCUT2D eigenvalue weighted by Crippen LogP contribution is 2.36. The fourth-order valence-corrected chi connectivity index (χ4v) is 5.42. The van der Waals surface area contributed by atoms with Crippen molar-refractivity contribution in [2.24, 2.45) is 0 Å². The zero-order valence-electron chi connectivity index (χ0n) is 23.2. The van der Waals surface area contributed by atoms with E-state index in [-0.39, 0.29) is 45.9 Å². The second-order valence-corrected chi connectivity index (χ2v) is 10.5. The van der Waals surface area contributed by atoms with E-state index in [0.29, 0.717) is 25.9 Å². The van der Waals surface area contributed by atoms with E-state index in [1.165, 1.54) is 21.8 Å². The minimum atomic E-state index is -1.36. The number of nitrogen functional groups attached to an aromatic ring is 2. The SMILES string of the molecule is Nc1ncnc2c1nc(NCCCCNc1nc3c(N)ncnc3n1[C@H]1O[C@@H](CO)[C@@H](O)[C@@H]1O)n2[C@H]1O[C@@H](CO)[C@@H](O)[C@H]1O. The quantitative estimate of drug-likeness (QED) is 0.0734. The normalized spacial score (nSPS) is 28.8. The van der Waals surface area contributed by atoms with Gasteiger partial charge in [0.2, 0.25) is 11.9 Å². The van der Waals surface area contributed by atoms with Gasteiger partial charge >= 0.3 is 0 Å². The lowest BCUT2D eigenvalue weighted by molar-refractivity contribution is -0.0501. The van der Waals surface area contributed by atoms with E-state index in [0.717, 1.165) is 0 Å². The Hall–Kier alpha value is -4.02. The molecular weight excluding hydrogens is 584 g/mol. The van der Waals surface area contributed by atoms with Crippen LogP contribution in [0, 0.1) is 0 Å². The molecule has 2 aliphatic heterocycles. The number of hydrogen-bond donors (Lipinski definition) is 10. The summed E-state index contributed by atoms with van der Waals surface area (Å²) in [6.07, 6.45) is -5.81. The maximum atomic E-state index is 10.6. The molecule has 2 saturated heterocycles. The van der Waals surface area contributed by atoms with Crippen LogP contribution in [0.3, 0.4) is 0 Å². The molecule has 0 unspecified atom stereocenters. The first-order valence-electron chi connectivity index (χ1n) is 13.9. The molecule has 0 aliphatic carbocycles. The van der Waals surface area contributed by atoms with Crippen molar-refractivity contribution in [1.29, 1.82) is 0 Å². The van der Waals surface area contributed by atoms with E-state index >= 15 is 0 Å². The Morgan fingerprint density at radius 1 is 0.659 bits per heavy atom. The lowest BCUT2D eigenvalue weighted by Crippen LogP contribution is -2.33. The highest BCUT2D eigenvalue weighted by Gasteiger charge is 2.46. The molecule has 0 spiro atoms. The molecule has 2 fully saturated rings. The van der Waals surface area contributed by atoms with Crippen LogP contribution in [0.1, 0.15) is 25.3 Å². The lowest BCUT2D eigenvalue weighted by Gasteiger charge is -2.20. The summed E-state index contributed by atoms with van der Waals surface area (Å²) in [5, 5.41) is 67.3. The number of rotatable bonds is 11. The zero-order valence-corrected chi connectivity index (χ0v) is 23.2. The average molecular weight is 619 g/mol. The molecular formula is C24H34N12O8. The van der Waals surface area contributed by atoms with Gasteiger partial charge in [-0.05, 0) is 12.8 Å². The number of hydrogen-bond acceptors (Lipinski definition) is 18. The second-order valence-electron chi connectivity index (χ2n) is 10.5. The number of fused-ring (bicyclic) bond motifs is 2. The number of anilines is 4. The van der Waals surface area contributed by atoms with Crippen molar-refractivity contribution in [3.63, 3.8) is 0 Å². The van der Waals surface area contributed by atoms with Crippen LogP contribution in [0.4, 0.5) is 23.5 Å². The van der Waals surface area contributed by atoms with E-state index in [2.05, 4.69) is 40.5 Å². The van der Waals surface area contributed by atoms with Gasteiger partial charge in [0.1, 0.15) is 49.3 Å². The molecule has 20 heteroatoms. The molecule has 6 rings (SSSR count).